The molecule has 3 aromatic heterocycles. The third kappa shape index (κ3) is 4.68. The normalized spacial score (nSPS) is 24.8. The quantitative estimate of drug-likeness (QED) is 0.152. The first-order valence-corrected chi connectivity index (χ1v) is 16.3. The molecule has 7 nitrogen and oxygen atoms in total. The van der Waals surface area contributed by atoms with Crippen LogP contribution in [0.4, 0.5) is 0 Å². The molecule has 2 saturated carbocycles. The molecule has 46 heavy (non-hydrogen) atoms. The van der Waals surface area contributed by atoms with Gasteiger partial charge in [-0.3, -0.25) is 14.5 Å². The van der Waals surface area contributed by atoms with Crippen LogP contribution < -0.4 is 0 Å². The lowest BCUT2D eigenvalue weighted by Crippen LogP contribution is -2.49. The molecular weight excluding hydrogens is 570 g/mol. The molecule has 0 spiro atoms. The van der Waals surface area contributed by atoms with Crippen LogP contribution in [0.25, 0.3) is 27.8 Å². The molecule has 1 aliphatic heterocycles. The highest BCUT2D eigenvalue weighted by atomic mass is 16.2. The lowest BCUT2D eigenvalue weighted by Gasteiger charge is -2.50. The van der Waals surface area contributed by atoms with Crippen molar-refractivity contribution < 1.29 is 9.59 Å². The van der Waals surface area contributed by atoms with E-state index in [-0.39, 0.29) is 23.1 Å². The Morgan fingerprint density at radius 2 is 1.89 bits per heavy atom. The van der Waals surface area contributed by atoms with Gasteiger partial charge in [-0.05, 0) is 68.2 Å². The number of benzene rings is 1. The molecule has 1 atom stereocenters. The number of carbonyl (C=O) groups is 2. The number of rotatable bonds is 8. The molecule has 4 aliphatic rings. The standard InChI is InChI=1S/C39H37N5O2/c1-4-5-11-31-25(3)37(45)43(38(31)46)23-39(20-24(2)21-39)30-16-14-28(15-17-30)35-32(26-9-7-6-8-10-26)18-29-22-40-34-19-33(27-12-13-27)42-44(34)36(29)41-35/h4-11,14,16-19,22,24,27-28H,1,12-13,15,20-21,23H2,2-3H3. The van der Waals surface area contributed by atoms with Crippen LogP contribution in [0.2, 0.25) is 0 Å². The largest absolute Gasteiger partial charge is 0.274 e. The minimum Gasteiger partial charge on any atom is -0.274 e. The summed E-state index contributed by atoms with van der Waals surface area (Å²) in [6.45, 7) is 8.09. The molecular formula is C39H37N5O2. The number of nitrogens with zero attached hydrogens (tertiary/aromatic N) is 5. The van der Waals surface area contributed by atoms with Crippen molar-refractivity contribution in [1.82, 2.24) is 24.5 Å². The van der Waals surface area contributed by atoms with Crippen molar-refractivity contribution in [3.8, 4) is 11.1 Å². The van der Waals surface area contributed by atoms with Crippen LogP contribution >= 0.6 is 0 Å². The minimum atomic E-state index is -0.241. The summed E-state index contributed by atoms with van der Waals surface area (Å²) in [5.41, 5.74) is 7.93. The van der Waals surface area contributed by atoms with Gasteiger partial charge in [0.1, 0.15) is 0 Å². The molecule has 4 heterocycles. The van der Waals surface area contributed by atoms with Gasteiger partial charge in [-0.2, -0.15) is 9.61 Å². The summed E-state index contributed by atoms with van der Waals surface area (Å²) < 4.78 is 1.92. The van der Waals surface area contributed by atoms with E-state index in [1.54, 1.807) is 25.2 Å². The number of pyridine rings is 1. The zero-order valence-electron chi connectivity index (χ0n) is 26.3. The number of imide groups is 1. The molecule has 1 unspecified atom stereocenters. The third-order valence-electron chi connectivity index (χ3n) is 10.2. The molecule has 0 N–H and O–H groups in total. The molecule has 0 saturated heterocycles. The number of fused-ring (bicyclic) bond motifs is 3. The molecule has 0 bridgehead atoms. The van der Waals surface area contributed by atoms with Crippen molar-refractivity contribution in [3.05, 3.63) is 120 Å². The molecule has 2 amide bonds. The summed E-state index contributed by atoms with van der Waals surface area (Å²) >= 11 is 0. The molecule has 8 rings (SSSR count). The van der Waals surface area contributed by atoms with E-state index in [4.69, 9.17) is 15.1 Å². The fourth-order valence-corrected chi connectivity index (χ4v) is 7.75. The Morgan fingerprint density at radius 1 is 1.09 bits per heavy atom. The Balaban J connectivity index is 1.13. The average molecular weight is 608 g/mol. The van der Waals surface area contributed by atoms with E-state index in [2.05, 4.69) is 68.1 Å². The average Bonchev–Trinajstić information content (AvgIpc) is 3.79. The predicted molar refractivity (Wildman–Crippen MR) is 180 cm³/mol. The first-order valence-electron chi connectivity index (χ1n) is 16.3. The van der Waals surface area contributed by atoms with Gasteiger partial charge in [-0.25, -0.2) is 9.97 Å². The van der Waals surface area contributed by atoms with Gasteiger partial charge in [-0.15, -0.1) is 0 Å². The SMILES string of the molecule is C=CC=CC1=C(C)C(=O)N(CC2(C3=CCC(c4nc5c(cnc6cc(C7CC7)nn65)cc4-c4ccccc4)C=C3)CC(C)C2)C1=O. The number of hydrogen-bond acceptors (Lipinski definition) is 5. The Bertz CT molecular complexity index is 2050. The van der Waals surface area contributed by atoms with Crippen LogP contribution in [-0.2, 0) is 9.59 Å². The first kappa shape index (κ1) is 28.6. The van der Waals surface area contributed by atoms with Crippen molar-refractivity contribution in [2.45, 2.75) is 57.8 Å². The van der Waals surface area contributed by atoms with Crippen LogP contribution in [0.15, 0.2) is 108 Å². The first-order chi connectivity index (χ1) is 22.3. The van der Waals surface area contributed by atoms with Crippen LogP contribution in [0.3, 0.4) is 0 Å². The third-order valence-corrected chi connectivity index (χ3v) is 10.2. The van der Waals surface area contributed by atoms with Gasteiger partial charge in [0, 0.05) is 58.2 Å². The fraction of sp³-hybridized carbons (Fsp3) is 0.308. The van der Waals surface area contributed by atoms with Crippen LogP contribution in [0, 0.1) is 11.3 Å². The van der Waals surface area contributed by atoms with Gasteiger partial charge >= 0.3 is 0 Å². The number of hydrogen-bond donors (Lipinski definition) is 0. The maximum atomic E-state index is 13.4. The van der Waals surface area contributed by atoms with Crippen LogP contribution in [0.5, 0.6) is 0 Å². The zero-order valence-corrected chi connectivity index (χ0v) is 26.3. The number of amides is 2. The van der Waals surface area contributed by atoms with Gasteiger partial charge in [0.15, 0.2) is 11.3 Å². The van der Waals surface area contributed by atoms with Crippen LogP contribution in [-0.4, -0.2) is 42.8 Å². The highest BCUT2D eigenvalue weighted by molar-refractivity contribution is 6.20. The Hall–Kier alpha value is -4.91. The second-order valence-corrected chi connectivity index (χ2v) is 13.6. The Kier molecular flexibility index (Phi) is 6.74. The summed E-state index contributed by atoms with van der Waals surface area (Å²) in [7, 11) is 0. The van der Waals surface area contributed by atoms with Gasteiger partial charge in [0.05, 0.1) is 11.4 Å². The van der Waals surface area contributed by atoms with E-state index < -0.39 is 0 Å². The number of aromatic nitrogens is 4. The molecule has 2 fully saturated rings. The van der Waals surface area contributed by atoms with E-state index in [1.807, 2.05) is 16.8 Å². The molecule has 4 aromatic rings. The highest BCUT2D eigenvalue weighted by Gasteiger charge is 2.49. The molecule has 0 radical (unpaired) electrons. The van der Waals surface area contributed by atoms with E-state index in [1.165, 1.54) is 23.3 Å². The van der Waals surface area contributed by atoms with Crippen molar-refractivity contribution in [1.29, 1.82) is 0 Å². The summed E-state index contributed by atoms with van der Waals surface area (Å²) in [6, 6.07) is 14.7. The van der Waals surface area contributed by atoms with E-state index >= 15 is 0 Å². The smallest absolute Gasteiger partial charge is 0.261 e. The summed E-state index contributed by atoms with van der Waals surface area (Å²) in [4.78, 5) is 38.1. The zero-order chi connectivity index (χ0) is 31.6. The lowest BCUT2D eigenvalue weighted by molar-refractivity contribution is -0.140. The summed E-state index contributed by atoms with van der Waals surface area (Å²) in [5.74, 6) is 0.728. The molecule has 1 aromatic carbocycles. The monoisotopic (exact) mass is 607 g/mol. The highest BCUT2D eigenvalue weighted by Crippen LogP contribution is 2.53. The van der Waals surface area contributed by atoms with Gasteiger partial charge < -0.3 is 0 Å². The van der Waals surface area contributed by atoms with Gasteiger partial charge in [0.25, 0.3) is 11.8 Å². The second-order valence-electron chi connectivity index (χ2n) is 13.6. The lowest BCUT2D eigenvalue weighted by atomic mass is 9.57. The number of allylic oxidation sites excluding steroid dienone is 5. The van der Waals surface area contributed by atoms with Crippen molar-refractivity contribution in [2.24, 2.45) is 11.3 Å². The van der Waals surface area contributed by atoms with Crippen LogP contribution in [0.1, 0.15) is 69.2 Å². The minimum absolute atomic E-state index is 0.0641. The van der Waals surface area contributed by atoms with Crippen molar-refractivity contribution in [3.63, 3.8) is 0 Å². The fourth-order valence-electron chi connectivity index (χ4n) is 7.75. The maximum absolute atomic E-state index is 13.4. The molecule has 230 valence electrons. The predicted octanol–water partition coefficient (Wildman–Crippen LogP) is 7.64. The van der Waals surface area contributed by atoms with E-state index in [9.17, 15) is 9.59 Å². The molecule has 7 heteroatoms. The Morgan fingerprint density at radius 3 is 2.59 bits per heavy atom. The van der Waals surface area contributed by atoms with Gasteiger partial charge in [-0.1, -0.05) is 74.2 Å². The molecule has 3 aliphatic carbocycles. The maximum Gasteiger partial charge on any atom is 0.261 e. The summed E-state index contributed by atoms with van der Waals surface area (Å²) in [5, 5.41) is 5.90. The van der Waals surface area contributed by atoms with Crippen molar-refractivity contribution in [2.75, 3.05) is 6.54 Å². The number of carbonyl (C=O) groups excluding carboxylic acids is 2. The Labute approximate surface area is 268 Å². The van der Waals surface area contributed by atoms with E-state index in [0.29, 0.717) is 29.5 Å². The van der Waals surface area contributed by atoms with E-state index in [0.717, 1.165) is 58.5 Å². The van der Waals surface area contributed by atoms with Crippen molar-refractivity contribution >= 4 is 28.5 Å². The van der Waals surface area contributed by atoms with Gasteiger partial charge in [0.2, 0.25) is 0 Å². The topological polar surface area (TPSA) is 80.5 Å². The summed E-state index contributed by atoms with van der Waals surface area (Å²) in [6.07, 6.45) is 18.8. The second kappa shape index (κ2) is 10.9.